The molecule has 0 fully saturated rings. The molecule has 0 bridgehead atoms. The summed E-state index contributed by atoms with van der Waals surface area (Å²) in [5.74, 6) is 0. The minimum absolute atomic E-state index is 0.316. The number of rotatable bonds is 2. The van der Waals surface area contributed by atoms with Crippen LogP contribution in [-0.2, 0) is 9.84 Å². The van der Waals surface area contributed by atoms with E-state index in [2.05, 4.69) is 10.6 Å². The molecule has 23 heavy (non-hydrogen) atoms. The van der Waals surface area contributed by atoms with E-state index in [9.17, 15) is 8.42 Å². The maximum atomic E-state index is 13.0. The second-order valence-electron chi connectivity index (χ2n) is 5.69. The first-order chi connectivity index (χ1) is 11.1. The summed E-state index contributed by atoms with van der Waals surface area (Å²) in [5.41, 5.74) is 2.67. The Morgan fingerprint density at radius 1 is 0.913 bits per heavy atom. The largest absolute Gasteiger partial charge is 0.367 e. The van der Waals surface area contributed by atoms with Gasteiger partial charge in [0.25, 0.3) is 0 Å². The predicted molar refractivity (Wildman–Crippen MR) is 92.7 cm³/mol. The smallest absolute Gasteiger partial charge is 0.208 e. The van der Waals surface area contributed by atoms with Crippen LogP contribution in [0.5, 0.6) is 0 Å². The fourth-order valence-electron chi connectivity index (χ4n) is 2.98. The van der Waals surface area contributed by atoms with Crippen LogP contribution < -0.4 is 10.6 Å². The van der Waals surface area contributed by atoms with Gasteiger partial charge in [-0.05, 0) is 36.6 Å². The molecular weight excluding hydrogens is 308 g/mol. The average Bonchev–Trinajstić information content (AvgIpc) is 2.56. The highest BCUT2D eigenvalue weighted by atomic mass is 32.2. The SMILES string of the molecule is Cc1ccc(S(=O)(=O)c2ccc3cccc4c3c2NCN4)cc1. The molecule has 4 rings (SSSR count). The molecule has 5 heteroatoms. The maximum absolute atomic E-state index is 13.0. The lowest BCUT2D eigenvalue weighted by molar-refractivity contribution is 0.596. The van der Waals surface area contributed by atoms with Crippen LogP contribution in [0.1, 0.15) is 5.56 Å². The molecule has 0 radical (unpaired) electrons. The Hall–Kier alpha value is -2.53. The second kappa shape index (κ2) is 4.99. The molecule has 0 aliphatic carbocycles. The molecule has 0 aromatic heterocycles. The van der Waals surface area contributed by atoms with Gasteiger partial charge in [0.05, 0.1) is 22.1 Å². The molecule has 1 heterocycles. The average molecular weight is 324 g/mol. The number of hydrogen-bond acceptors (Lipinski definition) is 4. The fourth-order valence-corrected chi connectivity index (χ4v) is 4.42. The van der Waals surface area contributed by atoms with Crippen molar-refractivity contribution < 1.29 is 8.42 Å². The van der Waals surface area contributed by atoms with Crippen LogP contribution in [0, 0.1) is 6.92 Å². The van der Waals surface area contributed by atoms with Crippen molar-refractivity contribution in [3.63, 3.8) is 0 Å². The van der Waals surface area contributed by atoms with Gasteiger partial charge in [-0.25, -0.2) is 8.42 Å². The van der Waals surface area contributed by atoms with Gasteiger partial charge in [-0.2, -0.15) is 0 Å². The van der Waals surface area contributed by atoms with Crippen LogP contribution in [0.4, 0.5) is 11.4 Å². The third kappa shape index (κ3) is 2.16. The monoisotopic (exact) mass is 324 g/mol. The van der Waals surface area contributed by atoms with E-state index in [0.29, 0.717) is 22.1 Å². The van der Waals surface area contributed by atoms with Crippen molar-refractivity contribution in [3.05, 3.63) is 60.2 Å². The van der Waals surface area contributed by atoms with Crippen LogP contribution in [0.3, 0.4) is 0 Å². The summed E-state index contributed by atoms with van der Waals surface area (Å²) in [7, 11) is -3.56. The van der Waals surface area contributed by atoms with Crippen molar-refractivity contribution in [3.8, 4) is 0 Å². The molecule has 3 aromatic rings. The van der Waals surface area contributed by atoms with Gasteiger partial charge in [-0.1, -0.05) is 35.9 Å². The highest BCUT2D eigenvalue weighted by molar-refractivity contribution is 7.91. The second-order valence-corrected chi connectivity index (χ2v) is 7.61. The van der Waals surface area contributed by atoms with Crippen LogP contribution in [0.25, 0.3) is 10.8 Å². The predicted octanol–water partition coefficient (Wildman–Crippen LogP) is 3.78. The molecule has 116 valence electrons. The summed E-state index contributed by atoms with van der Waals surface area (Å²) >= 11 is 0. The lowest BCUT2D eigenvalue weighted by Gasteiger charge is -2.23. The minimum atomic E-state index is -3.56. The minimum Gasteiger partial charge on any atom is -0.367 e. The zero-order chi connectivity index (χ0) is 16.0. The summed E-state index contributed by atoms with van der Waals surface area (Å²) in [4.78, 5) is 0.638. The highest BCUT2D eigenvalue weighted by Gasteiger charge is 2.25. The van der Waals surface area contributed by atoms with Gasteiger partial charge >= 0.3 is 0 Å². The quantitative estimate of drug-likeness (QED) is 0.753. The molecule has 0 atom stereocenters. The number of benzene rings is 3. The van der Waals surface area contributed by atoms with Crippen LogP contribution in [0.2, 0.25) is 0 Å². The number of anilines is 2. The topological polar surface area (TPSA) is 58.2 Å². The van der Waals surface area contributed by atoms with Crippen molar-refractivity contribution >= 4 is 32.0 Å². The Morgan fingerprint density at radius 2 is 1.70 bits per heavy atom. The zero-order valence-electron chi connectivity index (χ0n) is 12.6. The summed E-state index contributed by atoms with van der Waals surface area (Å²) in [6.45, 7) is 2.45. The molecule has 0 saturated heterocycles. The Bertz CT molecular complexity index is 1010. The van der Waals surface area contributed by atoms with Crippen molar-refractivity contribution in [2.24, 2.45) is 0 Å². The lowest BCUT2D eigenvalue weighted by Crippen LogP contribution is -2.19. The Labute approximate surface area is 135 Å². The first kappa shape index (κ1) is 14.1. The molecule has 2 N–H and O–H groups in total. The van der Waals surface area contributed by atoms with E-state index in [1.54, 1.807) is 18.2 Å². The number of aryl methyl sites for hydroxylation is 1. The number of sulfone groups is 1. The number of nitrogens with one attached hydrogen (secondary N) is 2. The fraction of sp³-hybridized carbons (Fsp3) is 0.111. The van der Waals surface area contributed by atoms with Crippen molar-refractivity contribution in [1.29, 1.82) is 0 Å². The standard InChI is InChI=1S/C18H16N2O2S/c1-12-5-8-14(9-6-12)23(21,22)16-10-7-13-3-2-4-15-17(13)18(16)20-11-19-15/h2-10,19-20H,11H2,1H3. The highest BCUT2D eigenvalue weighted by Crippen LogP contribution is 2.39. The summed E-state index contributed by atoms with van der Waals surface area (Å²) in [6, 6.07) is 16.4. The van der Waals surface area contributed by atoms with E-state index >= 15 is 0 Å². The van der Waals surface area contributed by atoms with Gasteiger partial charge < -0.3 is 10.6 Å². The Balaban J connectivity index is 1.99. The first-order valence-corrected chi connectivity index (χ1v) is 8.91. The molecular formula is C18H16N2O2S. The normalized spacial score (nSPS) is 13.4. The Kier molecular flexibility index (Phi) is 3.06. The summed E-state index contributed by atoms with van der Waals surface area (Å²) in [5, 5.41) is 8.38. The van der Waals surface area contributed by atoms with E-state index < -0.39 is 9.84 Å². The molecule has 1 aliphatic rings. The maximum Gasteiger partial charge on any atom is 0.208 e. The van der Waals surface area contributed by atoms with E-state index in [1.807, 2.05) is 43.3 Å². The first-order valence-electron chi connectivity index (χ1n) is 7.42. The Morgan fingerprint density at radius 3 is 2.48 bits per heavy atom. The summed E-state index contributed by atoms with van der Waals surface area (Å²) in [6.07, 6.45) is 0. The van der Waals surface area contributed by atoms with Crippen LogP contribution in [0.15, 0.2) is 64.4 Å². The van der Waals surface area contributed by atoms with Crippen molar-refractivity contribution in [2.45, 2.75) is 16.7 Å². The molecule has 1 aliphatic heterocycles. The van der Waals surface area contributed by atoms with E-state index in [1.165, 1.54) is 0 Å². The van der Waals surface area contributed by atoms with Crippen molar-refractivity contribution in [1.82, 2.24) is 0 Å². The molecule has 0 amide bonds. The van der Waals surface area contributed by atoms with E-state index in [4.69, 9.17) is 0 Å². The van der Waals surface area contributed by atoms with Gasteiger partial charge in [0.1, 0.15) is 0 Å². The van der Waals surface area contributed by atoms with E-state index in [-0.39, 0.29) is 0 Å². The molecule has 0 unspecified atom stereocenters. The number of hydrogen-bond donors (Lipinski definition) is 2. The molecule has 4 nitrogen and oxygen atoms in total. The van der Waals surface area contributed by atoms with Gasteiger partial charge in [0, 0.05) is 11.1 Å². The third-order valence-corrected chi connectivity index (χ3v) is 5.98. The van der Waals surface area contributed by atoms with Gasteiger partial charge in [0.15, 0.2) is 0 Å². The van der Waals surface area contributed by atoms with Crippen molar-refractivity contribution in [2.75, 3.05) is 17.3 Å². The molecule has 0 spiro atoms. The zero-order valence-corrected chi connectivity index (χ0v) is 13.4. The van der Waals surface area contributed by atoms with Gasteiger partial charge in [0.2, 0.25) is 9.84 Å². The summed E-state index contributed by atoms with van der Waals surface area (Å²) < 4.78 is 26.1. The molecule has 3 aromatic carbocycles. The van der Waals surface area contributed by atoms with Crippen LogP contribution >= 0.6 is 0 Å². The third-order valence-electron chi connectivity index (χ3n) is 4.17. The lowest BCUT2D eigenvalue weighted by atomic mass is 10.1. The van der Waals surface area contributed by atoms with Gasteiger partial charge in [-0.15, -0.1) is 0 Å². The van der Waals surface area contributed by atoms with Crippen LogP contribution in [-0.4, -0.2) is 15.1 Å². The van der Waals surface area contributed by atoms with Gasteiger partial charge in [-0.3, -0.25) is 0 Å². The molecule has 0 saturated carbocycles. The van der Waals surface area contributed by atoms with E-state index in [0.717, 1.165) is 22.0 Å².